The number of nitrogens with one attached hydrogen (secondary N) is 2. The first kappa shape index (κ1) is 19.4. The molecule has 2 rings (SSSR count). The Bertz CT molecular complexity index is 515. The Labute approximate surface area is 142 Å². The maximum absolute atomic E-state index is 12.1. The van der Waals surface area contributed by atoms with E-state index in [1.54, 1.807) is 19.9 Å². The fourth-order valence-electron chi connectivity index (χ4n) is 2.43. The molecule has 0 aromatic carbocycles. The van der Waals surface area contributed by atoms with Gasteiger partial charge >= 0.3 is 5.97 Å². The lowest BCUT2D eigenvalue weighted by Gasteiger charge is -2.22. The smallest absolute Gasteiger partial charge is 0.310 e. The van der Waals surface area contributed by atoms with Crippen LogP contribution >= 0.6 is 12.4 Å². The minimum Gasteiger partial charge on any atom is -0.466 e. The second-order valence-electron chi connectivity index (χ2n) is 5.54. The number of amides is 1. The lowest BCUT2D eigenvalue weighted by Crippen LogP contribution is -2.33. The van der Waals surface area contributed by atoms with Crippen LogP contribution in [0, 0.1) is 5.92 Å². The summed E-state index contributed by atoms with van der Waals surface area (Å²) in [5.41, 5.74) is 0.377. The van der Waals surface area contributed by atoms with Crippen LogP contribution in [-0.4, -0.2) is 47.9 Å². The van der Waals surface area contributed by atoms with E-state index in [1.807, 2.05) is 10.9 Å². The van der Waals surface area contributed by atoms with Crippen molar-refractivity contribution in [3.63, 3.8) is 0 Å². The molecule has 8 heteroatoms. The molecule has 2 heterocycles. The third-order valence-electron chi connectivity index (χ3n) is 3.74. The highest BCUT2D eigenvalue weighted by molar-refractivity contribution is 5.92. The first-order chi connectivity index (χ1) is 10.6. The number of halogens is 1. The molecule has 1 amide bonds. The van der Waals surface area contributed by atoms with Crippen LogP contribution in [0.1, 0.15) is 43.2 Å². The number of rotatable bonds is 6. The summed E-state index contributed by atoms with van der Waals surface area (Å²) in [7, 11) is 0. The van der Waals surface area contributed by atoms with Gasteiger partial charge in [-0.15, -0.1) is 12.4 Å². The predicted octanol–water partition coefficient (Wildman–Crippen LogP) is 1.16. The second-order valence-corrected chi connectivity index (χ2v) is 5.54. The van der Waals surface area contributed by atoms with Gasteiger partial charge in [-0.3, -0.25) is 14.3 Å². The zero-order valence-corrected chi connectivity index (χ0v) is 14.4. The van der Waals surface area contributed by atoms with E-state index in [-0.39, 0.29) is 36.7 Å². The van der Waals surface area contributed by atoms with Gasteiger partial charge in [0.05, 0.1) is 18.6 Å². The van der Waals surface area contributed by atoms with Crippen LogP contribution in [0.4, 0.5) is 0 Å². The lowest BCUT2D eigenvalue weighted by atomic mass is 10.1. The average molecular weight is 345 g/mol. The second kappa shape index (κ2) is 9.52. The number of esters is 1. The van der Waals surface area contributed by atoms with Crippen LogP contribution in [0.25, 0.3) is 0 Å². The molecule has 1 aromatic rings. The van der Waals surface area contributed by atoms with Crippen LogP contribution in [0.15, 0.2) is 12.3 Å². The molecule has 0 spiro atoms. The molecule has 130 valence electrons. The molecule has 1 fully saturated rings. The van der Waals surface area contributed by atoms with Gasteiger partial charge in [-0.25, -0.2) is 0 Å². The van der Waals surface area contributed by atoms with E-state index >= 15 is 0 Å². The summed E-state index contributed by atoms with van der Waals surface area (Å²) in [6.07, 6.45) is 4.01. The summed E-state index contributed by atoms with van der Waals surface area (Å²) in [6.45, 7) is 5.99. The minimum absolute atomic E-state index is 0. The number of piperidine rings is 1. The summed E-state index contributed by atoms with van der Waals surface area (Å²) in [4.78, 5) is 23.6. The molecule has 0 saturated carbocycles. The van der Waals surface area contributed by atoms with Crippen molar-refractivity contribution in [2.75, 3.05) is 26.2 Å². The normalized spacial score (nSPS) is 18.6. The van der Waals surface area contributed by atoms with Crippen molar-refractivity contribution in [3.8, 4) is 0 Å². The lowest BCUT2D eigenvalue weighted by molar-refractivity contribution is -0.147. The maximum Gasteiger partial charge on any atom is 0.310 e. The number of carbonyl (C=O) groups excluding carboxylic acids is 2. The van der Waals surface area contributed by atoms with E-state index in [9.17, 15) is 9.59 Å². The molecule has 0 radical (unpaired) electrons. The molecular formula is C15H25ClN4O3. The van der Waals surface area contributed by atoms with Crippen LogP contribution in [0.2, 0.25) is 0 Å². The highest BCUT2D eigenvalue weighted by Crippen LogP contribution is 2.15. The number of hydrogen-bond donors (Lipinski definition) is 2. The van der Waals surface area contributed by atoms with Crippen molar-refractivity contribution in [1.82, 2.24) is 20.4 Å². The molecular weight excluding hydrogens is 320 g/mol. The van der Waals surface area contributed by atoms with Crippen molar-refractivity contribution >= 4 is 24.3 Å². The third kappa shape index (κ3) is 5.51. The standard InChI is InChI=1S/C15H24N4O3.ClH/c1-3-22-15(21)11(2)9-17-14(20)13-6-8-19(18-13)12-5-4-7-16-10-12;/h6,8,11-12,16H,3-5,7,9-10H2,1-2H3,(H,17,20);1H. The van der Waals surface area contributed by atoms with Crippen LogP contribution in [0.5, 0.6) is 0 Å². The Morgan fingerprint density at radius 2 is 2.35 bits per heavy atom. The molecule has 2 atom stereocenters. The van der Waals surface area contributed by atoms with Crippen molar-refractivity contribution in [2.45, 2.75) is 32.7 Å². The van der Waals surface area contributed by atoms with Crippen molar-refractivity contribution in [2.24, 2.45) is 5.92 Å². The van der Waals surface area contributed by atoms with Crippen molar-refractivity contribution in [3.05, 3.63) is 18.0 Å². The molecule has 1 aliphatic heterocycles. The summed E-state index contributed by atoms with van der Waals surface area (Å²) >= 11 is 0. The Morgan fingerprint density at radius 3 is 3.00 bits per heavy atom. The molecule has 1 aliphatic rings. The SMILES string of the molecule is CCOC(=O)C(C)CNC(=O)c1ccn(C2CCCNC2)n1.Cl. The topological polar surface area (TPSA) is 85.2 Å². The fourth-order valence-corrected chi connectivity index (χ4v) is 2.43. The Hall–Kier alpha value is -1.60. The van der Waals surface area contributed by atoms with Gasteiger partial charge in [0.2, 0.25) is 0 Å². The zero-order valence-electron chi connectivity index (χ0n) is 13.6. The zero-order chi connectivity index (χ0) is 15.9. The molecule has 1 aromatic heterocycles. The van der Waals surface area contributed by atoms with Crippen molar-refractivity contribution < 1.29 is 14.3 Å². The van der Waals surface area contributed by atoms with Crippen LogP contribution in [0.3, 0.4) is 0 Å². The van der Waals surface area contributed by atoms with Crippen LogP contribution < -0.4 is 10.6 Å². The Morgan fingerprint density at radius 1 is 1.57 bits per heavy atom. The third-order valence-corrected chi connectivity index (χ3v) is 3.74. The van der Waals surface area contributed by atoms with Gasteiger partial charge in [0, 0.05) is 19.3 Å². The van der Waals surface area contributed by atoms with E-state index in [0.717, 1.165) is 25.9 Å². The molecule has 23 heavy (non-hydrogen) atoms. The van der Waals surface area contributed by atoms with Crippen molar-refractivity contribution in [1.29, 1.82) is 0 Å². The van der Waals surface area contributed by atoms with E-state index in [0.29, 0.717) is 18.3 Å². The van der Waals surface area contributed by atoms with E-state index in [1.165, 1.54) is 0 Å². The average Bonchev–Trinajstić information content (AvgIpc) is 3.03. The highest BCUT2D eigenvalue weighted by Gasteiger charge is 2.19. The Balaban J connectivity index is 0.00000264. The Kier molecular flexibility index (Phi) is 8.05. The molecule has 1 saturated heterocycles. The largest absolute Gasteiger partial charge is 0.466 e. The maximum atomic E-state index is 12.1. The molecule has 0 bridgehead atoms. The monoisotopic (exact) mass is 344 g/mol. The van der Waals surface area contributed by atoms with Gasteiger partial charge in [-0.05, 0) is 32.4 Å². The first-order valence-electron chi connectivity index (χ1n) is 7.82. The van der Waals surface area contributed by atoms with Gasteiger partial charge in [-0.2, -0.15) is 5.10 Å². The fraction of sp³-hybridized carbons (Fsp3) is 0.667. The molecule has 0 aliphatic carbocycles. The van der Waals surface area contributed by atoms with Crippen LogP contribution in [-0.2, 0) is 9.53 Å². The highest BCUT2D eigenvalue weighted by atomic mass is 35.5. The minimum atomic E-state index is -0.367. The molecule has 7 nitrogen and oxygen atoms in total. The number of carbonyl (C=O) groups is 2. The molecule has 2 N–H and O–H groups in total. The van der Waals surface area contributed by atoms with E-state index in [4.69, 9.17) is 4.74 Å². The van der Waals surface area contributed by atoms with Gasteiger partial charge in [-0.1, -0.05) is 6.92 Å². The number of nitrogens with zero attached hydrogens (tertiary/aromatic N) is 2. The van der Waals surface area contributed by atoms with E-state index < -0.39 is 0 Å². The predicted molar refractivity (Wildman–Crippen MR) is 88.7 cm³/mol. The number of hydrogen-bond acceptors (Lipinski definition) is 5. The first-order valence-corrected chi connectivity index (χ1v) is 7.82. The van der Waals surface area contributed by atoms with E-state index in [2.05, 4.69) is 15.7 Å². The molecule has 2 unspecified atom stereocenters. The summed E-state index contributed by atoms with van der Waals surface area (Å²) in [5.74, 6) is -0.936. The van der Waals surface area contributed by atoms with Gasteiger partial charge < -0.3 is 15.4 Å². The number of ether oxygens (including phenoxy) is 1. The quantitative estimate of drug-likeness (QED) is 0.756. The van der Waals surface area contributed by atoms with Gasteiger partial charge in [0.15, 0.2) is 0 Å². The number of aromatic nitrogens is 2. The summed E-state index contributed by atoms with van der Waals surface area (Å²) in [5, 5.41) is 10.4. The summed E-state index contributed by atoms with van der Waals surface area (Å²) < 4.78 is 6.75. The summed E-state index contributed by atoms with van der Waals surface area (Å²) in [6, 6.07) is 2.01. The van der Waals surface area contributed by atoms with Gasteiger partial charge in [0.1, 0.15) is 5.69 Å². The van der Waals surface area contributed by atoms with Gasteiger partial charge in [0.25, 0.3) is 5.91 Å².